The van der Waals surface area contributed by atoms with Crippen LogP contribution in [0.1, 0.15) is 25.6 Å². The third-order valence-corrected chi connectivity index (χ3v) is 4.33. The minimum Gasteiger partial charge on any atom is -0.486 e. The second kappa shape index (κ2) is 6.17. The third-order valence-electron chi connectivity index (χ3n) is 2.80. The molecule has 6 nitrogen and oxygen atoms in total. The van der Waals surface area contributed by atoms with E-state index >= 15 is 0 Å². The van der Waals surface area contributed by atoms with E-state index in [-0.39, 0.29) is 4.90 Å². The van der Waals surface area contributed by atoms with E-state index < -0.39 is 10.0 Å². The Balaban J connectivity index is 2.09. The summed E-state index contributed by atoms with van der Waals surface area (Å²) >= 11 is 3.27. The molecule has 0 aliphatic heterocycles. The Hall–Kier alpha value is -1.38. The molecule has 0 spiro atoms. The van der Waals surface area contributed by atoms with Gasteiger partial charge in [-0.1, -0.05) is 0 Å². The molecule has 114 valence electrons. The first-order valence-corrected chi connectivity index (χ1v) is 8.60. The van der Waals surface area contributed by atoms with Crippen LogP contribution in [0.25, 0.3) is 0 Å². The summed E-state index contributed by atoms with van der Waals surface area (Å²) in [6, 6.07) is 6.55. The maximum absolute atomic E-state index is 11.2. The molecule has 2 N–H and O–H groups in total. The van der Waals surface area contributed by atoms with Gasteiger partial charge >= 0.3 is 0 Å². The first-order valence-electron chi connectivity index (χ1n) is 6.26. The Morgan fingerprint density at radius 1 is 1.38 bits per heavy atom. The Labute approximate surface area is 132 Å². The molecule has 1 aromatic heterocycles. The summed E-state index contributed by atoms with van der Waals surface area (Å²) in [7, 11) is -3.72. The van der Waals surface area contributed by atoms with Gasteiger partial charge in [0.15, 0.2) is 0 Å². The highest BCUT2D eigenvalue weighted by Crippen LogP contribution is 2.28. The fourth-order valence-electron chi connectivity index (χ4n) is 1.67. The number of hydrogen-bond acceptors (Lipinski definition) is 4. The standard InChI is InChI=1S/C13H16BrN3O3S/c1-9(2)17-6-5-10(16-17)8-20-13-4-3-11(7-12(13)14)21(15,18)19/h3-7,9H,8H2,1-2H3,(H2,15,18,19). The van der Waals surface area contributed by atoms with E-state index in [4.69, 9.17) is 9.88 Å². The lowest BCUT2D eigenvalue weighted by Crippen LogP contribution is -2.12. The fourth-order valence-corrected chi connectivity index (χ4v) is 2.85. The van der Waals surface area contributed by atoms with Crippen molar-refractivity contribution in [1.82, 2.24) is 9.78 Å². The smallest absolute Gasteiger partial charge is 0.238 e. The molecule has 0 saturated carbocycles. The molecule has 0 amide bonds. The van der Waals surface area contributed by atoms with Gasteiger partial charge in [0.2, 0.25) is 10.0 Å². The lowest BCUT2D eigenvalue weighted by Gasteiger charge is -2.08. The maximum atomic E-state index is 11.2. The number of sulfonamides is 1. The van der Waals surface area contributed by atoms with Crippen molar-refractivity contribution in [3.63, 3.8) is 0 Å². The van der Waals surface area contributed by atoms with Crippen molar-refractivity contribution in [1.29, 1.82) is 0 Å². The van der Waals surface area contributed by atoms with Gasteiger partial charge in [-0.15, -0.1) is 0 Å². The Morgan fingerprint density at radius 2 is 2.10 bits per heavy atom. The highest BCUT2D eigenvalue weighted by atomic mass is 79.9. The number of benzene rings is 1. The van der Waals surface area contributed by atoms with Gasteiger partial charge < -0.3 is 4.74 Å². The number of rotatable bonds is 5. The van der Waals surface area contributed by atoms with E-state index in [1.54, 1.807) is 6.07 Å². The number of halogens is 1. The molecule has 0 radical (unpaired) electrons. The summed E-state index contributed by atoms with van der Waals surface area (Å²) in [5, 5.41) is 9.44. The highest BCUT2D eigenvalue weighted by Gasteiger charge is 2.11. The average Bonchev–Trinajstić information content (AvgIpc) is 2.85. The molecule has 0 atom stereocenters. The second-order valence-corrected chi connectivity index (χ2v) is 7.22. The topological polar surface area (TPSA) is 87.2 Å². The van der Waals surface area contributed by atoms with Crippen molar-refractivity contribution in [3.05, 3.63) is 40.6 Å². The van der Waals surface area contributed by atoms with E-state index in [0.29, 0.717) is 22.9 Å². The monoisotopic (exact) mass is 373 g/mol. The molecule has 0 fully saturated rings. The van der Waals surface area contributed by atoms with Gasteiger partial charge in [0.1, 0.15) is 12.4 Å². The molecule has 0 saturated heterocycles. The predicted molar refractivity (Wildman–Crippen MR) is 82.5 cm³/mol. The van der Waals surface area contributed by atoms with Crippen LogP contribution in [0.15, 0.2) is 39.8 Å². The molecular weight excluding hydrogens is 358 g/mol. The molecule has 2 rings (SSSR count). The summed E-state index contributed by atoms with van der Waals surface area (Å²) in [5.74, 6) is 0.529. The van der Waals surface area contributed by atoms with Crippen molar-refractivity contribution >= 4 is 26.0 Å². The van der Waals surface area contributed by atoms with Crippen LogP contribution in [-0.4, -0.2) is 18.2 Å². The van der Waals surface area contributed by atoms with Crippen molar-refractivity contribution in [3.8, 4) is 5.75 Å². The third kappa shape index (κ3) is 4.05. The summed E-state index contributed by atoms with van der Waals surface area (Å²) in [5.41, 5.74) is 0.797. The highest BCUT2D eigenvalue weighted by molar-refractivity contribution is 9.10. The van der Waals surface area contributed by atoms with Gasteiger partial charge in [0.05, 0.1) is 15.1 Å². The second-order valence-electron chi connectivity index (χ2n) is 4.81. The molecule has 0 aliphatic rings. The van der Waals surface area contributed by atoms with Gasteiger partial charge in [0.25, 0.3) is 0 Å². The lowest BCUT2D eigenvalue weighted by atomic mass is 10.3. The Bertz CT molecular complexity index is 741. The first-order chi connectivity index (χ1) is 9.77. The molecule has 0 unspecified atom stereocenters. The van der Waals surface area contributed by atoms with Gasteiger partial charge in [-0.25, -0.2) is 13.6 Å². The molecular formula is C13H16BrN3O3S. The molecule has 1 aromatic carbocycles. The molecule has 1 heterocycles. The average molecular weight is 374 g/mol. The molecule has 2 aromatic rings. The van der Waals surface area contributed by atoms with E-state index in [0.717, 1.165) is 5.69 Å². The van der Waals surface area contributed by atoms with Gasteiger partial charge in [0, 0.05) is 12.2 Å². The van der Waals surface area contributed by atoms with Crippen molar-refractivity contribution in [2.24, 2.45) is 5.14 Å². The van der Waals surface area contributed by atoms with Crippen LogP contribution < -0.4 is 9.88 Å². The van der Waals surface area contributed by atoms with Crippen LogP contribution in [-0.2, 0) is 16.6 Å². The van der Waals surface area contributed by atoms with Crippen LogP contribution in [0.5, 0.6) is 5.75 Å². The summed E-state index contributed by atoms with van der Waals surface area (Å²) < 4.78 is 30.5. The Morgan fingerprint density at radius 3 is 2.62 bits per heavy atom. The van der Waals surface area contributed by atoms with E-state index in [1.165, 1.54) is 12.1 Å². The fraction of sp³-hybridized carbons (Fsp3) is 0.308. The molecule has 8 heteroatoms. The zero-order chi connectivity index (χ0) is 15.6. The quantitative estimate of drug-likeness (QED) is 0.871. The van der Waals surface area contributed by atoms with Gasteiger partial charge in [-0.05, 0) is 54.0 Å². The first kappa shape index (κ1) is 16.0. The number of nitrogens with two attached hydrogens (primary N) is 1. The largest absolute Gasteiger partial charge is 0.486 e. The minimum absolute atomic E-state index is 0.0332. The van der Waals surface area contributed by atoms with Gasteiger partial charge in [-0.3, -0.25) is 4.68 Å². The summed E-state index contributed by atoms with van der Waals surface area (Å²) in [4.78, 5) is 0.0332. The lowest BCUT2D eigenvalue weighted by molar-refractivity contribution is 0.296. The van der Waals surface area contributed by atoms with E-state index in [2.05, 4.69) is 21.0 Å². The van der Waals surface area contributed by atoms with Crippen molar-refractivity contribution in [2.45, 2.75) is 31.4 Å². The van der Waals surface area contributed by atoms with E-state index in [9.17, 15) is 8.42 Å². The van der Waals surface area contributed by atoms with Crippen LogP contribution in [0.4, 0.5) is 0 Å². The number of primary sulfonamides is 1. The summed E-state index contributed by atoms with van der Waals surface area (Å²) in [6.07, 6.45) is 1.89. The van der Waals surface area contributed by atoms with Crippen molar-refractivity contribution < 1.29 is 13.2 Å². The zero-order valence-electron chi connectivity index (χ0n) is 11.7. The maximum Gasteiger partial charge on any atom is 0.238 e. The number of nitrogens with zero attached hydrogens (tertiary/aromatic N) is 2. The molecule has 21 heavy (non-hydrogen) atoms. The van der Waals surface area contributed by atoms with Crippen LogP contribution in [0.3, 0.4) is 0 Å². The van der Waals surface area contributed by atoms with Crippen LogP contribution in [0, 0.1) is 0 Å². The number of hydrogen-bond donors (Lipinski definition) is 1. The zero-order valence-corrected chi connectivity index (χ0v) is 14.1. The van der Waals surface area contributed by atoms with Crippen LogP contribution >= 0.6 is 15.9 Å². The predicted octanol–water partition coefficient (Wildman–Crippen LogP) is 2.45. The summed E-state index contributed by atoms with van der Waals surface area (Å²) in [6.45, 7) is 4.38. The van der Waals surface area contributed by atoms with E-state index in [1.807, 2.05) is 30.8 Å². The minimum atomic E-state index is -3.72. The SMILES string of the molecule is CC(C)n1ccc(COc2ccc(S(N)(=O)=O)cc2Br)n1. The number of aromatic nitrogens is 2. The van der Waals surface area contributed by atoms with Crippen LogP contribution in [0.2, 0.25) is 0 Å². The number of ether oxygens (including phenoxy) is 1. The normalized spacial score (nSPS) is 11.9. The molecule has 0 bridgehead atoms. The Kier molecular flexibility index (Phi) is 4.70. The van der Waals surface area contributed by atoms with Crippen molar-refractivity contribution in [2.75, 3.05) is 0 Å². The van der Waals surface area contributed by atoms with Gasteiger partial charge in [-0.2, -0.15) is 5.10 Å². The molecule has 0 aliphatic carbocycles.